The zero-order valence-corrected chi connectivity index (χ0v) is 14.2. The molecule has 2 aromatic rings. The number of amides is 1. The zero-order valence-electron chi connectivity index (χ0n) is 14.2. The standard InChI is InChI=1S/C17H25N5O2/c1-11(2)15(18)17-21-14(10-24-17)16(23)20-12-4-6-13(7-5-12)22-9-3-8-19-22/h3,8-13,15H,4-7,18H2,1-2H3,(H,20,23)/t12?,13?,15-/m0/s1. The molecule has 0 saturated heterocycles. The van der Waals surface area contributed by atoms with Gasteiger partial charge in [0.1, 0.15) is 6.26 Å². The smallest absolute Gasteiger partial charge is 0.273 e. The molecular formula is C17H25N5O2. The second kappa shape index (κ2) is 7.17. The SMILES string of the molecule is CC(C)[C@H](N)c1nc(C(=O)NC2CCC(n3cccn3)CC2)co1. The lowest BCUT2D eigenvalue weighted by Crippen LogP contribution is -2.38. The summed E-state index contributed by atoms with van der Waals surface area (Å²) in [6, 6.07) is 2.24. The van der Waals surface area contributed by atoms with Gasteiger partial charge in [-0.15, -0.1) is 0 Å². The van der Waals surface area contributed by atoms with Gasteiger partial charge in [-0.25, -0.2) is 4.98 Å². The molecule has 3 N–H and O–H groups in total. The van der Waals surface area contributed by atoms with Crippen LogP contribution in [0.2, 0.25) is 0 Å². The molecule has 7 nitrogen and oxygen atoms in total. The third-order valence-corrected chi connectivity index (χ3v) is 4.69. The van der Waals surface area contributed by atoms with Crippen molar-refractivity contribution in [3.05, 3.63) is 36.3 Å². The summed E-state index contributed by atoms with van der Waals surface area (Å²) in [5, 5.41) is 7.35. The van der Waals surface area contributed by atoms with E-state index < -0.39 is 0 Å². The van der Waals surface area contributed by atoms with Gasteiger partial charge in [-0.1, -0.05) is 13.8 Å². The van der Waals surface area contributed by atoms with Crippen molar-refractivity contribution in [3.8, 4) is 0 Å². The van der Waals surface area contributed by atoms with E-state index in [0.717, 1.165) is 25.7 Å². The Labute approximate surface area is 141 Å². The first kappa shape index (κ1) is 16.7. The summed E-state index contributed by atoms with van der Waals surface area (Å²) in [6.45, 7) is 3.99. The fourth-order valence-electron chi connectivity index (χ4n) is 3.07. The van der Waals surface area contributed by atoms with E-state index in [0.29, 0.717) is 17.6 Å². The molecule has 0 aromatic carbocycles. The fourth-order valence-corrected chi connectivity index (χ4v) is 3.07. The van der Waals surface area contributed by atoms with E-state index in [1.165, 1.54) is 6.26 Å². The number of nitrogens with two attached hydrogens (primary N) is 1. The number of hydrogen-bond acceptors (Lipinski definition) is 5. The van der Waals surface area contributed by atoms with Crippen molar-refractivity contribution in [1.29, 1.82) is 0 Å². The summed E-state index contributed by atoms with van der Waals surface area (Å²) in [5.41, 5.74) is 6.30. The molecule has 2 heterocycles. The Hall–Kier alpha value is -2.15. The lowest BCUT2D eigenvalue weighted by atomic mass is 9.91. The molecule has 7 heteroatoms. The van der Waals surface area contributed by atoms with Gasteiger partial charge in [0, 0.05) is 18.4 Å². The molecule has 1 aliphatic rings. The predicted molar refractivity (Wildman–Crippen MR) is 89.3 cm³/mol. The van der Waals surface area contributed by atoms with E-state index >= 15 is 0 Å². The van der Waals surface area contributed by atoms with E-state index in [1.807, 2.05) is 30.8 Å². The molecule has 1 saturated carbocycles. The van der Waals surface area contributed by atoms with Crippen LogP contribution in [0.3, 0.4) is 0 Å². The number of aromatic nitrogens is 3. The van der Waals surface area contributed by atoms with Gasteiger partial charge in [-0.3, -0.25) is 9.48 Å². The first-order valence-electron chi connectivity index (χ1n) is 8.55. The van der Waals surface area contributed by atoms with Gasteiger partial charge in [0.15, 0.2) is 5.69 Å². The second-order valence-corrected chi connectivity index (χ2v) is 6.81. The van der Waals surface area contributed by atoms with Crippen molar-refractivity contribution in [2.45, 2.75) is 57.7 Å². The molecule has 0 bridgehead atoms. The van der Waals surface area contributed by atoms with Crippen molar-refractivity contribution in [2.75, 3.05) is 0 Å². The zero-order chi connectivity index (χ0) is 17.1. The van der Waals surface area contributed by atoms with Gasteiger partial charge in [0.2, 0.25) is 5.89 Å². The van der Waals surface area contributed by atoms with Crippen LogP contribution in [-0.4, -0.2) is 26.7 Å². The molecule has 1 atom stereocenters. The molecule has 130 valence electrons. The number of hydrogen-bond donors (Lipinski definition) is 2. The van der Waals surface area contributed by atoms with Gasteiger partial charge < -0.3 is 15.5 Å². The molecule has 24 heavy (non-hydrogen) atoms. The average Bonchev–Trinajstić information content (AvgIpc) is 3.26. The highest BCUT2D eigenvalue weighted by Crippen LogP contribution is 2.28. The van der Waals surface area contributed by atoms with Crippen molar-refractivity contribution in [3.63, 3.8) is 0 Å². The van der Waals surface area contributed by atoms with Crippen LogP contribution in [0.4, 0.5) is 0 Å². The Morgan fingerprint density at radius 2 is 2.12 bits per heavy atom. The molecule has 1 aliphatic carbocycles. The highest BCUT2D eigenvalue weighted by atomic mass is 16.3. The Kier molecular flexibility index (Phi) is 4.99. The van der Waals surface area contributed by atoms with Crippen LogP contribution in [0.1, 0.15) is 68.0 Å². The quantitative estimate of drug-likeness (QED) is 0.876. The minimum atomic E-state index is -0.295. The van der Waals surface area contributed by atoms with E-state index in [1.54, 1.807) is 6.20 Å². The lowest BCUT2D eigenvalue weighted by molar-refractivity contribution is 0.0916. The summed E-state index contributed by atoms with van der Waals surface area (Å²) in [5.74, 6) is 0.429. The van der Waals surface area contributed by atoms with E-state index in [2.05, 4.69) is 15.4 Å². The maximum atomic E-state index is 12.3. The predicted octanol–water partition coefficient (Wildman–Crippen LogP) is 2.44. The first-order valence-corrected chi connectivity index (χ1v) is 8.55. The molecule has 0 radical (unpaired) electrons. The second-order valence-electron chi connectivity index (χ2n) is 6.81. The minimum Gasteiger partial charge on any atom is -0.446 e. The number of carbonyl (C=O) groups is 1. The van der Waals surface area contributed by atoms with E-state index in [-0.39, 0.29) is 23.9 Å². The molecule has 1 amide bonds. The normalized spacial score (nSPS) is 22.5. The number of nitrogens with zero attached hydrogens (tertiary/aromatic N) is 3. The number of rotatable bonds is 5. The van der Waals surface area contributed by atoms with Gasteiger partial charge in [0.25, 0.3) is 5.91 Å². The van der Waals surface area contributed by atoms with Crippen LogP contribution in [0, 0.1) is 5.92 Å². The summed E-state index contributed by atoms with van der Waals surface area (Å²) in [6.07, 6.45) is 9.08. The van der Waals surface area contributed by atoms with Gasteiger partial charge in [-0.05, 0) is 37.7 Å². The third kappa shape index (κ3) is 3.67. The summed E-state index contributed by atoms with van der Waals surface area (Å²) in [4.78, 5) is 16.6. The van der Waals surface area contributed by atoms with E-state index in [4.69, 9.17) is 10.2 Å². The lowest BCUT2D eigenvalue weighted by Gasteiger charge is -2.29. The Morgan fingerprint density at radius 1 is 1.38 bits per heavy atom. The van der Waals surface area contributed by atoms with Crippen molar-refractivity contribution in [2.24, 2.45) is 11.7 Å². The van der Waals surface area contributed by atoms with Crippen LogP contribution in [0.25, 0.3) is 0 Å². The Bertz CT molecular complexity index is 656. The highest BCUT2D eigenvalue weighted by Gasteiger charge is 2.25. The summed E-state index contributed by atoms with van der Waals surface area (Å²) in [7, 11) is 0. The van der Waals surface area contributed by atoms with Gasteiger partial charge in [-0.2, -0.15) is 5.10 Å². The maximum absolute atomic E-state index is 12.3. The number of oxazole rings is 1. The Morgan fingerprint density at radius 3 is 2.75 bits per heavy atom. The van der Waals surface area contributed by atoms with Crippen LogP contribution in [-0.2, 0) is 0 Å². The van der Waals surface area contributed by atoms with Crippen molar-refractivity contribution < 1.29 is 9.21 Å². The van der Waals surface area contributed by atoms with Crippen LogP contribution < -0.4 is 11.1 Å². The van der Waals surface area contributed by atoms with Crippen LogP contribution in [0.15, 0.2) is 29.1 Å². The summed E-state index contributed by atoms with van der Waals surface area (Å²) < 4.78 is 7.36. The summed E-state index contributed by atoms with van der Waals surface area (Å²) >= 11 is 0. The van der Waals surface area contributed by atoms with Gasteiger partial charge >= 0.3 is 0 Å². The monoisotopic (exact) mass is 331 g/mol. The molecule has 0 aliphatic heterocycles. The number of nitrogens with one attached hydrogen (secondary N) is 1. The van der Waals surface area contributed by atoms with Crippen LogP contribution >= 0.6 is 0 Å². The van der Waals surface area contributed by atoms with Crippen molar-refractivity contribution in [1.82, 2.24) is 20.1 Å². The van der Waals surface area contributed by atoms with Crippen LogP contribution in [0.5, 0.6) is 0 Å². The largest absolute Gasteiger partial charge is 0.446 e. The number of carbonyl (C=O) groups excluding carboxylic acids is 1. The molecule has 2 aromatic heterocycles. The highest BCUT2D eigenvalue weighted by molar-refractivity contribution is 5.92. The first-order chi connectivity index (χ1) is 11.5. The third-order valence-electron chi connectivity index (χ3n) is 4.69. The average molecular weight is 331 g/mol. The van der Waals surface area contributed by atoms with E-state index in [9.17, 15) is 4.79 Å². The minimum absolute atomic E-state index is 0.170. The topological polar surface area (TPSA) is 99.0 Å². The van der Waals surface area contributed by atoms with Gasteiger partial charge in [0.05, 0.1) is 12.1 Å². The molecule has 3 rings (SSSR count). The molecular weight excluding hydrogens is 306 g/mol. The Balaban J connectivity index is 1.53. The molecule has 1 fully saturated rings. The molecule has 0 unspecified atom stereocenters. The fraction of sp³-hybridized carbons (Fsp3) is 0.588. The molecule has 0 spiro atoms. The van der Waals surface area contributed by atoms with Crippen molar-refractivity contribution >= 4 is 5.91 Å². The maximum Gasteiger partial charge on any atom is 0.273 e.